The van der Waals surface area contributed by atoms with E-state index in [9.17, 15) is 18.0 Å². The fraction of sp³-hybridized carbons (Fsp3) is 0.556. The van der Waals surface area contributed by atoms with Gasteiger partial charge in [0.1, 0.15) is 11.9 Å². The lowest BCUT2D eigenvalue weighted by atomic mass is 9.88. The van der Waals surface area contributed by atoms with Crippen molar-refractivity contribution in [3.8, 4) is 11.8 Å². The molecule has 1 aromatic rings. The molecule has 0 bridgehead atoms. The van der Waals surface area contributed by atoms with Crippen molar-refractivity contribution in [3.63, 3.8) is 0 Å². The molecule has 1 aliphatic rings. The zero-order valence-corrected chi connectivity index (χ0v) is 15.5. The molecule has 2 N–H and O–H groups in total. The minimum atomic E-state index is -4.68. The number of nitrogens with one attached hydrogen (secondary N) is 2. The number of hydrogen-bond acceptors (Lipinski definition) is 5. The highest BCUT2D eigenvalue weighted by molar-refractivity contribution is 5.86. The highest BCUT2D eigenvalue weighted by atomic mass is 19.4. The zero-order chi connectivity index (χ0) is 20.5. The van der Waals surface area contributed by atoms with Crippen LogP contribution in [-0.4, -0.2) is 30.5 Å². The van der Waals surface area contributed by atoms with Crippen molar-refractivity contribution in [2.45, 2.75) is 52.0 Å². The number of carbonyl (C=O) groups excluding carboxylic acids is 1. The quantitative estimate of drug-likeness (QED) is 0.786. The molecule has 6 nitrogen and oxygen atoms in total. The first-order valence-corrected chi connectivity index (χ1v) is 8.35. The van der Waals surface area contributed by atoms with E-state index in [1.807, 2.05) is 13.8 Å². The lowest BCUT2D eigenvalue weighted by Crippen LogP contribution is -2.44. The van der Waals surface area contributed by atoms with Crippen molar-refractivity contribution in [1.82, 2.24) is 0 Å². The van der Waals surface area contributed by atoms with Gasteiger partial charge in [-0.15, -0.1) is 0 Å². The molecule has 1 unspecified atom stereocenters. The summed E-state index contributed by atoms with van der Waals surface area (Å²) in [6.45, 7) is 5.67. The van der Waals surface area contributed by atoms with Crippen LogP contribution in [0.2, 0.25) is 0 Å². The van der Waals surface area contributed by atoms with E-state index in [-0.39, 0.29) is 11.8 Å². The van der Waals surface area contributed by atoms with E-state index in [1.54, 1.807) is 12.1 Å². The minimum absolute atomic E-state index is 0.191. The summed E-state index contributed by atoms with van der Waals surface area (Å²) < 4.78 is 48.7. The molecule has 1 amide bonds. The molecule has 1 heterocycles. The Morgan fingerprint density at radius 2 is 2.04 bits per heavy atom. The van der Waals surface area contributed by atoms with Gasteiger partial charge in [-0.05, 0) is 45.9 Å². The summed E-state index contributed by atoms with van der Waals surface area (Å²) in [7, 11) is 0. The van der Waals surface area contributed by atoms with E-state index >= 15 is 0 Å². The molecule has 0 fully saturated rings. The molecule has 9 heteroatoms. The van der Waals surface area contributed by atoms with Gasteiger partial charge in [-0.3, -0.25) is 5.32 Å². The summed E-state index contributed by atoms with van der Waals surface area (Å²) >= 11 is 0. The van der Waals surface area contributed by atoms with Crippen molar-refractivity contribution in [1.29, 1.82) is 5.26 Å². The summed E-state index contributed by atoms with van der Waals surface area (Å²) in [5.41, 5.74) is -2.27. The van der Waals surface area contributed by atoms with Gasteiger partial charge < -0.3 is 14.8 Å². The summed E-state index contributed by atoms with van der Waals surface area (Å²) in [4.78, 5) is 11.8. The van der Waals surface area contributed by atoms with E-state index in [0.29, 0.717) is 24.4 Å². The smallest absolute Gasteiger partial charge is 0.427 e. The second-order valence-electron chi connectivity index (χ2n) is 7.55. The first-order chi connectivity index (χ1) is 12.3. The normalized spacial score (nSPS) is 17.0. The van der Waals surface area contributed by atoms with Crippen LogP contribution in [0.3, 0.4) is 0 Å². The van der Waals surface area contributed by atoms with Gasteiger partial charge >= 0.3 is 12.3 Å². The Labute approximate surface area is 155 Å². The highest BCUT2D eigenvalue weighted by Crippen LogP contribution is 2.36. The molecule has 27 heavy (non-hydrogen) atoms. The van der Waals surface area contributed by atoms with Crippen molar-refractivity contribution < 1.29 is 27.4 Å². The Kier molecular flexibility index (Phi) is 5.50. The van der Waals surface area contributed by atoms with Gasteiger partial charge in [-0.25, -0.2) is 4.79 Å². The minimum Gasteiger partial charge on any atom is -0.486 e. The Morgan fingerprint density at radius 1 is 1.37 bits per heavy atom. The number of amides is 1. The molecule has 0 saturated heterocycles. The number of halogens is 3. The van der Waals surface area contributed by atoms with Crippen molar-refractivity contribution in [2.24, 2.45) is 5.41 Å². The van der Waals surface area contributed by atoms with E-state index in [4.69, 9.17) is 10.00 Å². The number of carbonyl (C=O) groups is 1. The molecule has 1 aromatic carbocycles. The fourth-order valence-electron chi connectivity index (χ4n) is 2.46. The maximum Gasteiger partial charge on any atom is 0.427 e. The van der Waals surface area contributed by atoms with Gasteiger partial charge in [0.25, 0.3) is 0 Å². The first kappa shape index (κ1) is 20.7. The van der Waals surface area contributed by atoms with E-state index in [0.717, 1.165) is 13.8 Å². The molecule has 0 aliphatic carbocycles. The molecular weight excluding hydrogens is 363 g/mol. The Morgan fingerprint density at radius 3 is 2.63 bits per heavy atom. The molecule has 1 atom stereocenters. The average Bonchev–Trinajstić information content (AvgIpc) is 2.53. The van der Waals surface area contributed by atoms with Gasteiger partial charge in [0.15, 0.2) is 0 Å². The predicted molar refractivity (Wildman–Crippen MR) is 93.6 cm³/mol. The largest absolute Gasteiger partial charge is 0.486 e. The monoisotopic (exact) mass is 385 g/mol. The molecular formula is C18H22F3N3O3. The van der Waals surface area contributed by atoms with Gasteiger partial charge in [0.2, 0.25) is 5.60 Å². The highest BCUT2D eigenvalue weighted by Gasteiger charge is 2.51. The van der Waals surface area contributed by atoms with Crippen LogP contribution in [0, 0.1) is 16.7 Å². The molecule has 2 rings (SSSR count). The number of benzene rings is 1. The van der Waals surface area contributed by atoms with E-state index in [2.05, 4.69) is 21.4 Å². The Balaban J connectivity index is 2.02. The van der Waals surface area contributed by atoms with Gasteiger partial charge in [0.05, 0.1) is 23.7 Å². The van der Waals surface area contributed by atoms with Crippen LogP contribution >= 0.6 is 0 Å². The maximum atomic E-state index is 12.8. The number of nitrogens with zero attached hydrogens (tertiary/aromatic N) is 1. The van der Waals surface area contributed by atoms with Crippen LogP contribution in [-0.2, 0) is 4.74 Å². The third kappa shape index (κ3) is 5.18. The lowest BCUT2D eigenvalue weighted by Gasteiger charge is -2.31. The van der Waals surface area contributed by atoms with Crippen LogP contribution in [0.5, 0.6) is 5.75 Å². The molecule has 0 radical (unpaired) electrons. The number of nitriles is 1. The lowest BCUT2D eigenvalue weighted by molar-refractivity contribution is -0.242. The summed E-state index contributed by atoms with van der Waals surface area (Å²) in [6.07, 6.45) is -5.54. The maximum absolute atomic E-state index is 12.8. The van der Waals surface area contributed by atoms with Gasteiger partial charge in [-0.2, -0.15) is 18.4 Å². The number of alkyl halides is 3. The Hall–Kier alpha value is -2.63. The van der Waals surface area contributed by atoms with Gasteiger partial charge in [0, 0.05) is 12.1 Å². The fourth-order valence-corrected chi connectivity index (χ4v) is 2.46. The molecule has 0 aromatic heterocycles. The van der Waals surface area contributed by atoms with Crippen molar-refractivity contribution >= 4 is 17.5 Å². The second-order valence-corrected chi connectivity index (χ2v) is 7.55. The number of anilines is 2. The van der Waals surface area contributed by atoms with Crippen LogP contribution in [0.25, 0.3) is 0 Å². The predicted octanol–water partition coefficient (Wildman–Crippen LogP) is 4.69. The number of ether oxygens (including phenoxy) is 2. The van der Waals surface area contributed by atoms with Crippen LogP contribution < -0.4 is 15.4 Å². The van der Waals surface area contributed by atoms with Crippen molar-refractivity contribution in [2.75, 3.05) is 17.2 Å². The Bertz CT molecular complexity index is 754. The average molecular weight is 385 g/mol. The van der Waals surface area contributed by atoms with E-state index < -0.39 is 23.3 Å². The van der Waals surface area contributed by atoms with Crippen molar-refractivity contribution in [3.05, 3.63) is 18.2 Å². The topological polar surface area (TPSA) is 83.4 Å². The first-order valence-electron chi connectivity index (χ1n) is 8.35. The molecule has 1 aliphatic heterocycles. The second kappa shape index (κ2) is 7.18. The number of fused-ring (bicyclic) bond motifs is 1. The summed E-state index contributed by atoms with van der Waals surface area (Å²) in [5.74, 6) is 0.537. The van der Waals surface area contributed by atoms with Crippen LogP contribution in [0.4, 0.5) is 29.3 Å². The molecule has 0 spiro atoms. The molecule has 148 valence electrons. The number of hydrogen-bond donors (Lipinski definition) is 2. The standard InChI is InChI=1S/C18H22F3N3O3/c1-16(2,10-22)8-12-9-23-13-7-11(5-6-14(13)26-12)24-15(25)27-17(3,4)18(19,20)21/h5-7,12,23H,8-9H2,1-4H3,(H,24,25). The van der Waals surface area contributed by atoms with E-state index in [1.165, 1.54) is 6.07 Å². The summed E-state index contributed by atoms with van der Waals surface area (Å²) in [6, 6.07) is 6.86. The summed E-state index contributed by atoms with van der Waals surface area (Å²) in [5, 5.41) is 14.5. The third-order valence-electron chi connectivity index (χ3n) is 4.11. The SMILES string of the molecule is CC(C)(C#N)CC1CNc2cc(NC(=O)OC(C)(C)C(F)(F)F)ccc2O1. The van der Waals surface area contributed by atoms with Gasteiger partial charge in [-0.1, -0.05) is 0 Å². The van der Waals surface area contributed by atoms with Crippen LogP contribution in [0.15, 0.2) is 18.2 Å². The molecule has 0 saturated carbocycles. The number of rotatable bonds is 4. The zero-order valence-electron chi connectivity index (χ0n) is 15.5. The third-order valence-corrected chi connectivity index (χ3v) is 4.11. The van der Waals surface area contributed by atoms with Crippen LogP contribution in [0.1, 0.15) is 34.1 Å².